The van der Waals surface area contributed by atoms with E-state index in [1.165, 1.54) is 0 Å². The summed E-state index contributed by atoms with van der Waals surface area (Å²) in [4.78, 5) is 7.98. The number of nitrogens with zero attached hydrogens (tertiary/aromatic N) is 3. The molecule has 2 aromatic heterocycles. The molecule has 0 bridgehead atoms. The molecule has 3 rings (SSSR count). The van der Waals surface area contributed by atoms with E-state index >= 15 is 0 Å². The van der Waals surface area contributed by atoms with Gasteiger partial charge in [-0.25, -0.2) is 27.2 Å². The molecule has 0 unspecified atom stereocenters. The van der Waals surface area contributed by atoms with E-state index in [0.29, 0.717) is 29.8 Å². The number of anilines is 1. The Morgan fingerprint density at radius 1 is 1.23 bits per heavy atom. The minimum Gasteiger partial charge on any atom is -0.382 e. The fraction of sp³-hybridized carbons (Fsp3) is 0.294. The van der Waals surface area contributed by atoms with E-state index in [-0.39, 0.29) is 12.2 Å². The Morgan fingerprint density at radius 2 is 1.96 bits per heavy atom. The minimum atomic E-state index is -3.86. The summed E-state index contributed by atoms with van der Waals surface area (Å²) in [5.74, 6) is -1.16. The average Bonchev–Trinajstić information content (AvgIpc) is 2.88. The van der Waals surface area contributed by atoms with Crippen molar-refractivity contribution in [2.45, 2.75) is 31.7 Å². The summed E-state index contributed by atoms with van der Waals surface area (Å²) >= 11 is 0. The molecule has 138 valence electrons. The molecule has 0 aliphatic rings. The molecule has 26 heavy (non-hydrogen) atoms. The smallest absolute Gasteiger partial charge is 0.181 e. The van der Waals surface area contributed by atoms with Crippen LogP contribution in [-0.4, -0.2) is 28.7 Å². The van der Waals surface area contributed by atoms with Crippen molar-refractivity contribution in [2.24, 2.45) is 0 Å². The number of benzene rings is 1. The molecule has 0 atom stereocenters. The van der Waals surface area contributed by atoms with E-state index in [0.717, 1.165) is 23.2 Å². The van der Waals surface area contributed by atoms with Gasteiger partial charge in [-0.3, -0.25) is 0 Å². The third kappa shape index (κ3) is 3.26. The molecule has 0 fully saturated rings. The summed E-state index contributed by atoms with van der Waals surface area (Å²) in [5, 5.41) is 0. The highest BCUT2D eigenvalue weighted by Gasteiger charge is 2.20. The Bertz CT molecular complexity index is 1090. The van der Waals surface area contributed by atoms with Gasteiger partial charge in [-0.2, -0.15) is 0 Å². The van der Waals surface area contributed by atoms with Crippen molar-refractivity contribution in [1.82, 2.24) is 14.5 Å². The number of rotatable bonds is 5. The van der Waals surface area contributed by atoms with Crippen LogP contribution in [0.4, 0.5) is 14.6 Å². The SMILES string of the molecule is Cc1cnc(N)c2nc(C)n(CCCS(=O)(=O)c3ccc(F)cc3F)c12. The average molecular weight is 380 g/mol. The Labute approximate surface area is 149 Å². The summed E-state index contributed by atoms with van der Waals surface area (Å²) in [7, 11) is -3.86. The fourth-order valence-electron chi connectivity index (χ4n) is 2.96. The molecule has 2 heterocycles. The first-order valence-corrected chi connectivity index (χ1v) is 9.61. The summed E-state index contributed by atoms with van der Waals surface area (Å²) in [6.45, 7) is 4.04. The topological polar surface area (TPSA) is 90.9 Å². The monoisotopic (exact) mass is 380 g/mol. The standard InChI is InChI=1S/C17H18F2N4O2S/c1-10-9-21-17(20)15-16(10)23(11(2)22-15)6-3-7-26(24,25)14-5-4-12(18)8-13(14)19/h4-5,8-9H,3,6-7H2,1-2H3,(H2,20,21). The van der Waals surface area contributed by atoms with Gasteiger partial charge in [0.15, 0.2) is 15.7 Å². The van der Waals surface area contributed by atoms with E-state index in [1.54, 1.807) is 13.1 Å². The molecule has 0 saturated heterocycles. The third-order valence-electron chi connectivity index (χ3n) is 4.20. The number of sulfone groups is 1. The number of imidazole rings is 1. The Kier molecular flexibility index (Phi) is 4.66. The minimum absolute atomic E-state index is 0.243. The van der Waals surface area contributed by atoms with Crippen molar-refractivity contribution < 1.29 is 17.2 Å². The number of nitrogen functional groups attached to an aromatic ring is 1. The Hall–Kier alpha value is -2.55. The van der Waals surface area contributed by atoms with E-state index < -0.39 is 26.4 Å². The van der Waals surface area contributed by atoms with E-state index in [4.69, 9.17) is 5.73 Å². The van der Waals surface area contributed by atoms with Crippen LogP contribution in [0.2, 0.25) is 0 Å². The second-order valence-electron chi connectivity index (χ2n) is 6.08. The maximum Gasteiger partial charge on any atom is 0.181 e. The van der Waals surface area contributed by atoms with E-state index in [1.807, 2.05) is 11.5 Å². The number of nitrogens with two attached hydrogens (primary N) is 1. The summed E-state index contributed by atoms with van der Waals surface area (Å²) in [6.07, 6.45) is 1.88. The highest BCUT2D eigenvalue weighted by Crippen LogP contribution is 2.24. The maximum absolute atomic E-state index is 13.8. The molecule has 2 N–H and O–H groups in total. The number of fused-ring (bicyclic) bond motifs is 1. The van der Waals surface area contributed by atoms with E-state index in [2.05, 4.69) is 9.97 Å². The summed E-state index contributed by atoms with van der Waals surface area (Å²) in [5.41, 5.74) is 8.12. The first kappa shape index (κ1) is 18.2. The first-order chi connectivity index (χ1) is 12.2. The van der Waals surface area contributed by atoms with Gasteiger partial charge in [-0.15, -0.1) is 0 Å². The summed E-state index contributed by atoms with van der Waals surface area (Å²) in [6, 6.07) is 2.45. The van der Waals surface area contributed by atoms with Crippen LogP contribution < -0.4 is 5.73 Å². The van der Waals surface area contributed by atoms with Crippen molar-refractivity contribution in [3.05, 3.63) is 47.4 Å². The molecular weight excluding hydrogens is 362 g/mol. The molecule has 0 aliphatic carbocycles. The zero-order chi connectivity index (χ0) is 19.1. The molecule has 1 aromatic carbocycles. The van der Waals surface area contributed by atoms with Crippen LogP contribution in [0.25, 0.3) is 11.0 Å². The lowest BCUT2D eigenvalue weighted by molar-refractivity contribution is 0.546. The predicted octanol–water partition coefficient (Wildman–Crippen LogP) is 2.77. The number of aromatic nitrogens is 3. The lowest BCUT2D eigenvalue weighted by Gasteiger charge is -2.10. The largest absolute Gasteiger partial charge is 0.382 e. The van der Waals surface area contributed by atoms with Crippen molar-refractivity contribution in [1.29, 1.82) is 0 Å². The van der Waals surface area contributed by atoms with Gasteiger partial charge in [0.2, 0.25) is 0 Å². The van der Waals surface area contributed by atoms with Gasteiger partial charge in [0.05, 0.1) is 11.3 Å². The van der Waals surface area contributed by atoms with Gasteiger partial charge in [0.25, 0.3) is 0 Å². The normalized spacial score (nSPS) is 12.0. The highest BCUT2D eigenvalue weighted by molar-refractivity contribution is 7.91. The number of hydrogen-bond donors (Lipinski definition) is 1. The van der Waals surface area contributed by atoms with Gasteiger partial charge in [-0.1, -0.05) is 0 Å². The van der Waals surface area contributed by atoms with E-state index in [9.17, 15) is 17.2 Å². The molecular formula is C17H18F2N4O2S. The molecule has 0 radical (unpaired) electrons. The maximum atomic E-state index is 13.8. The fourth-order valence-corrected chi connectivity index (χ4v) is 4.32. The number of hydrogen-bond acceptors (Lipinski definition) is 5. The zero-order valence-electron chi connectivity index (χ0n) is 14.3. The van der Waals surface area contributed by atoms with Gasteiger partial charge >= 0.3 is 0 Å². The Balaban J connectivity index is 1.83. The molecule has 0 saturated carbocycles. The molecule has 6 nitrogen and oxygen atoms in total. The van der Waals surface area contributed by atoms with Crippen molar-refractivity contribution in [3.63, 3.8) is 0 Å². The predicted molar refractivity (Wildman–Crippen MR) is 94.4 cm³/mol. The highest BCUT2D eigenvalue weighted by atomic mass is 32.2. The quantitative estimate of drug-likeness (QED) is 0.688. The van der Waals surface area contributed by atoms with Crippen LogP contribution in [0.1, 0.15) is 17.8 Å². The van der Waals surface area contributed by atoms with Gasteiger partial charge < -0.3 is 10.3 Å². The van der Waals surface area contributed by atoms with Crippen LogP contribution in [0.15, 0.2) is 29.3 Å². The zero-order valence-corrected chi connectivity index (χ0v) is 15.1. The van der Waals surface area contributed by atoms with Crippen LogP contribution >= 0.6 is 0 Å². The van der Waals surface area contributed by atoms with Crippen LogP contribution in [0, 0.1) is 25.5 Å². The first-order valence-electron chi connectivity index (χ1n) is 7.96. The van der Waals surface area contributed by atoms with Crippen LogP contribution in [-0.2, 0) is 16.4 Å². The third-order valence-corrected chi connectivity index (χ3v) is 6.02. The summed E-state index contributed by atoms with van der Waals surface area (Å²) < 4.78 is 53.3. The van der Waals surface area contributed by atoms with Gasteiger partial charge in [0.1, 0.15) is 27.9 Å². The number of pyridine rings is 1. The number of halogens is 2. The molecule has 0 aliphatic heterocycles. The Morgan fingerprint density at radius 3 is 2.65 bits per heavy atom. The molecule has 3 aromatic rings. The number of aryl methyl sites for hydroxylation is 3. The lowest BCUT2D eigenvalue weighted by atomic mass is 10.2. The molecule has 0 spiro atoms. The van der Waals surface area contributed by atoms with Crippen molar-refractivity contribution >= 4 is 26.7 Å². The van der Waals surface area contributed by atoms with Gasteiger partial charge in [-0.05, 0) is 38.0 Å². The second kappa shape index (κ2) is 6.64. The van der Waals surface area contributed by atoms with Crippen molar-refractivity contribution in [3.8, 4) is 0 Å². The van der Waals surface area contributed by atoms with Crippen LogP contribution in [0.3, 0.4) is 0 Å². The second-order valence-corrected chi connectivity index (χ2v) is 8.16. The molecule has 9 heteroatoms. The lowest BCUT2D eigenvalue weighted by Crippen LogP contribution is -2.12. The van der Waals surface area contributed by atoms with Crippen LogP contribution in [0.5, 0.6) is 0 Å². The molecule has 0 amide bonds. The van der Waals surface area contributed by atoms with Gasteiger partial charge in [0, 0.05) is 18.8 Å². The van der Waals surface area contributed by atoms with Crippen molar-refractivity contribution in [2.75, 3.05) is 11.5 Å².